The summed E-state index contributed by atoms with van der Waals surface area (Å²) in [5.41, 5.74) is -8.36. The maximum Gasteiger partial charge on any atom is 0.408 e. The highest BCUT2D eigenvalue weighted by molar-refractivity contribution is 5.95. The van der Waals surface area contributed by atoms with Gasteiger partial charge >= 0.3 is 24.0 Å². The maximum atomic E-state index is 15.1. The van der Waals surface area contributed by atoms with E-state index in [-0.39, 0.29) is 29.7 Å². The van der Waals surface area contributed by atoms with Crippen molar-refractivity contribution in [3.05, 3.63) is 87.8 Å². The molecule has 1 amide bonds. The monoisotopic (exact) mass is 820 g/mol. The zero-order valence-electron chi connectivity index (χ0n) is 34.3. The summed E-state index contributed by atoms with van der Waals surface area (Å²) >= 11 is 0. The van der Waals surface area contributed by atoms with Gasteiger partial charge in [0.15, 0.2) is 23.5 Å². The van der Waals surface area contributed by atoms with Crippen LogP contribution >= 0.6 is 0 Å². The molecule has 0 radical (unpaired) electrons. The number of nitrogens with zero attached hydrogens (tertiary/aromatic N) is 1. The number of hydrogen-bond acceptors (Lipinski definition) is 15. The SMILES string of the molecule is CC(=O)O[C@@]12CO[C@@H]1C[C@H](O)[C@@]1(C)C(=O)[C@H](N=O)C3=C(C)[C@@H](OC(=O)[C@H](O)[C@@H](NC(=O)OC(C)(C)C)c4ccccc4)C[C@@](O)([C@@H](OC(=O)c4ccccc4)[C@H]21)C3(C)C. The zero-order valence-corrected chi connectivity index (χ0v) is 34.3. The first-order chi connectivity index (χ1) is 27.5. The van der Waals surface area contributed by atoms with Crippen LogP contribution in [0.4, 0.5) is 4.79 Å². The topological polar surface area (TPSA) is 234 Å². The molecule has 59 heavy (non-hydrogen) atoms. The second kappa shape index (κ2) is 15.5. The van der Waals surface area contributed by atoms with Gasteiger partial charge in [-0.1, -0.05) is 67.6 Å². The van der Waals surface area contributed by atoms with E-state index in [0.717, 1.165) is 6.92 Å². The lowest BCUT2D eigenvalue weighted by molar-refractivity contribution is -0.345. The quantitative estimate of drug-likeness (QED) is 0.121. The van der Waals surface area contributed by atoms with Gasteiger partial charge < -0.3 is 44.3 Å². The molecule has 0 spiro atoms. The molecule has 6 rings (SSSR count). The standard InChI is InChI=1S/C43H52N2O14/c1-22-26(56-37(51)32(48)30(24-15-11-9-12-16-24)44-38(52)59-39(3,4)5)20-43(53)35(57-36(50)25-17-13-10-14-18-25)33-41(8,34(49)31(45-54)29(22)40(43,6)7)27(47)19-28-42(33,21-55-28)58-23(2)46/h9-18,26-28,30-33,35,47-48,53H,19-21H2,1-8H3,(H,44,52)/t26-,27-,28+,30-,31+,32+,33-,35-,41+,42-,43+/m0/s1. The number of rotatable bonds is 9. The second-order valence-electron chi connectivity index (χ2n) is 17.7. The number of nitroso groups, excluding NO2 is 1. The van der Waals surface area contributed by atoms with Gasteiger partial charge in [-0.2, -0.15) is 0 Å². The van der Waals surface area contributed by atoms with Gasteiger partial charge in [0.25, 0.3) is 0 Å². The van der Waals surface area contributed by atoms with Crippen LogP contribution in [0.15, 0.2) is 77.0 Å². The van der Waals surface area contributed by atoms with Crippen molar-refractivity contribution in [3.63, 3.8) is 0 Å². The van der Waals surface area contributed by atoms with Crippen LogP contribution in [0.2, 0.25) is 0 Å². The number of ether oxygens (including phenoxy) is 5. The second-order valence-corrected chi connectivity index (χ2v) is 17.7. The number of carbonyl (C=O) groups is 5. The Morgan fingerprint density at radius 2 is 1.59 bits per heavy atom. The molecule has 16 heteroatoms. The predicted octanol–water partition coefficient (Wildman–Crippen LogP) is 4.03. The number of aliphatic hydroxyl groups is 3. The molecule has 1 aliphatic heterocycles. The molecule has 0 unspecified atom stereocenters. The molecule has 0 aromatic heterocycles. The number of aliphatic hydroxyl groups excluding tert-OH is 2. The number of ketones is 1. The van der Waals surface area contributed by atoms with Gasteiger partial charge in [0.05, 0.1) is 35.6 Å². The van der Waals surface area contributed by atoms with Crippen molar-refractivity contribution < 1.29 is 63.0 Å². The summed E-state index contributed by atoms with van der Waals surface area (Å²) in [5.74, 6) is -5.46. The Bertz CT molecular complexity index is 2030. The Morgan fingerprint density at radius 1 is 0.983 bits per heavy atom. The van der Waals surface area contributed by atoms with E-state index in [2.05, 4.69) is 10.5 Å². The van der Waals surface area contributed by atoms with Crippen molar-refractivity contribution in [2.75, 3.05) is 6.61 Å². The van der Waals surface area contributed by atoms with Gasteiger partial charge in [-0.25, -0.2) is 14.4 Å². The van der Waals surface area contributed by atoms with E-state index in [0.29, 0.717) is 5.56 Å². The van der Waals surface area contributed by atoms with Crippen molar-refractivity contribution in [1.82, 2.24) is 5.32 Å². The van der Waals surface area contributed by atoms with Crippen molar-refractivity contribution in [2.24, 2.45) is 21.9 Å². The van der Waals surface area contributed by atoms with E-state index in [4.69, 9.17) is 23.7 Å². The minimum Gasteiger partial charge on any atom is -0.456 e. The van der Waals surface area contributed by atoms with E-state index in [9.17, 15) is 39.4 Å². The van der Waals surface area contributed by atoms with Crippen LogP contribution in [0, 0.1) is 21.7 Å². The summed E-state index contributed by atoms with van der Waals surface area (Å²) in [6.07, 6.45) is -9.69. The van der Waals surface area contributed by atoms with Crippen LogP contribution in [0.3, 0.4) is 0 Å². The maximum absolute atomic E-state index is 15.1. The molecule has 3 aliphatic carbocycles. The van der Waals surface area contributed by atoms with E-state index in [1.165, 1.54) is 39.8 Å². The van der Waals surface area contributed by atoms with Crippen molar-refractivity contribution in [3.8, 4) is 0 Å². The molecular weight excluding hydrogens is 768 g/mol. The van der Waals surface area contributed by atoms with E-state index in [1.54, 1.807) is 69.3 Å². The largest absolute Gasteiger partial charge is 0.456 e. The highest BCUT2D eigenvalue weighted by Gasteiger charge is 2.78. The van der Waals surface area contributed by atoms with Crippen LogP contribution in [0.5, 0.6) is 0 Å². The third-order valence-electron chi connectivity index (χ3n) is 12.7. The molecule has 4 N–H and O–H groups in total. The van der Waals surface area contributed by atoms with Crippen LogP contribution in [0.25, 0.3) is 0 Å². The number of nitrogens with one attached hydrogen (secondary N) is 1. The summed E-state index contributed by atoms with van der Waals surface area (Å²) in [4.78, 5) is 82.3. The average molecular weight is 821 g/mol. The van der Waals surface area contributed by atoms with E-state index < -0.39 is 112 Å². The molecule has 1 heterocycles. The average Bonchev–Trinajstić information content (AvgIpc) is 3.16. The summed E-state index contributed by atoms with van der Waals surface area (Å²) in [6, 6.07) is 12.6. The lowest BCUT2D eigenvalue weighted by Crippen LogP contribution is -2.81. The molecule has 16 nitrogen and oxygen atoms in total. The molecule has 11 atom stereocenters. The molecule has 4 aliphatic rings. The van der Waals surface area contributed by atoms with Crippen LogP contribution in [-0.2, 0) is 38.1 Å². The Labute approximate surface area is 341 Å². The highest BCUT2D eigenvalue weighted by Crippen LogP contribution is 2.64. The van der Waals surface area contributed by atoms with Gasteiger partial charge in [0.1, 0.15) is 29.5 Å². The minimum absolute atomic E-state index is 0.0637. The molecule has 2 bridgehead atoms. The van der Waals surface area contributed by atoms with Gasteiger partial charge in [-0.3, -0.25) is 9.59 Å². The fraction of sp³-hybridized carbons (Fsp3) is 0.558. The summed E-state index contributed by atoms with van der Waals surface area (Å²) < 4.78 is 29.5. The van der Waals surface area contributed by atoms with Crippen LogP contribution in [-0.4, -0.2) is 105 Å². The van der Waals surface area contributed by atoms with E-state index in [1.807, 2.05) is 0 Å². The molecule has 2 aromatic rings. The normalized spacial score (nSPS) is 33.2. The van der Waals surface area contributed by atoms with Gasteiger partial charge in [-0.15, -0.1) is 4.91 Å². The Morgan fingerprint density at radius 3 is 2.14 bits per heavy atom. The van der Waals surface area contributed by atoms with Crippen LogP contribution < -0.4 is 5.32 Å². The van der Waals surface area contributed by atoms with Crippen molar-refractivity contribution >= 4 is 29.8 Å². The van der Waals surface area contributed by atoms with Crippen LogP contribution in [0.1, 0.15) is 90.2 Å². The van der Waals surface area contributed by atoms with Crippen molar-refractivity contribution in [1.29, 1.82) is 0 Å². The Hall–Kier alpha value is -5.03. The minimum atomic E-state index is -2.39. The molecule has 2 aromatic carbocycles. The summed E-state index contributed by atoms with van der Waals surface area (Å²) in [7, 11) is 0. The Kier molecular flexibility index (Phi) is 11.5. The lowest BCUT2D eigenvalue weighted by atomic mass is 9.44. The van der Waals surface area contributed by atoms with Gasteiger partial charge in [0, 0.05) is 25.2 Å². The predicted molar refractivity (Wildman–Crippen MR) is 207 cm³/mol. The molecule has 1 saturated heterocycles. The number of hydrogen-bond donors (Lipinski definition) is 4. The number of carbonyl (C=O) groups excluding carboxylic acids is 5. The number of fused-ring (bicyclic) bond motifs is 5. The highest BCUT2D eigenvalue weighted by atomic mass is 16.6. The summed E-state index contributed by atoms with van der Waals surface area (Å²) in [6.45, 7) is 11.7. The first-order valence-corrected chi connectivity index (χ1v) is 19.5. The first-order valence-electron chi connectivity index (χ1n) is 19.5. The van der Waals surface area contributed by atoms with Crippen molar-refractivity contribution in [2.45, 2.75) is 128 Å². The fourth-order valence-electron chi connectivity index (χ4n) is 9.66. The first kappa shape index (κ1) is 43.5. The zero-order chi connectivity index (χ0) is 43.5. The fourth-order valence-corrected chi connectivity index (χ4v) is 9.66. The smallest absolute Gasteiger partial charge is 0.408 e. The summed E-state index contributed by atoms with van der Waals surface area (Å²) in [5, 5.41) is 42.8. The lowest BCUT2D eigenvalue weighted by Gasteiger charge is -2.67. The number of Topliss-reactive ketones (excluding diaryl/α,β-unsaturated/α-hetero) is 1. The number of benzene rings is 2. The third kappa shape index (κ3) is 7.34. The number of alkyl carbamates (subject to hydrolysis) is 1. The molecule has 3 fully saturated rings. The number of amides is 1. The van der Waals surface area contributed by atoms with Gasteiger partial charge in [-0.05, 0) is 63.5 Å². The Balaban J connectivity index is 1.51. The number of esters is 3. The molecular formula is C43H52N2O14. The van der Waals surface area contributed by atoms with E-state index >= 15 is 4.79 Å². The molecule has 2 saturated carbocycles. The molecule has 318 valence electrons. The van der Waals surface area contributed by atoms with Gasteiger partial charge in [0.2, 0.25) is 0 Å². The third-order valence-corrected chi connectivity index (χ3v) is 12.7.